The van der Waals surface area contributed by atoms with Gasteiger partial charge in [0.2, 0.25) is 0 Å². The molecule has 19 heavy (non-hydrogen) atoms. The van der Waals surface area contributed by atoms with E-state index < -0.39 is 0 Å². The topological polar surface area (TPSA) is 12.9 Å². The molecule has 5 heteroatoms. The molecule has 0 N–H and O–H groups in total. The molecule has 0 saturated heterocycles. The standard InChI is InChI=1S/C14H9Br2NS2/c15-10-5-6-11(16)9(7-10)8-18-14-17-12-3-1-2-4-13(12)19-14/h1-7H,8H2. The fourth-order valence-electron chi connectivity index (χ4n) is 1.71. The number of thioether (sulfide) groups is 1. The summed E-state index contributed by atoms with van der Waals surface area (Å²) in [5.74, 6) is 0.917. The van der Waals surface area contributed by atoms with Gasteiger partial charge in [-0.05, 0) is 35.9 Å². The van der Waals surface area contributed by atoms with Crippen LogP contribution in [0.25, 0.3) is 10.2 Å². The van der Waals surface area contributed by atoms with Crippen LogP contribution in [0.3, 0.4) is 0 Å². The highest BCUT2D eigenvalue weighted by molar-refractivity contribution is 9.11. The molecule has 3 aromatic rings. The average molecular weight is 415 g/mol. The van der Waals surface area contributed by atoms with Gasteiger partial charge in [0, 0.05) is 14.7 Å². The van der Waals surface area contributed by atoms with E-state index in [9.17, 15) is 0 Å². The van der Waals surface area contributed by atoms with E-state index in [1.54, 1.807) is 23.1 Å². The van der Waals surface area contributed by atoms with Gasteiger partial charge in [-0.15, -0.1) is 11.3 Å². The average Bonchev–Trinajstić information content (AvgIpc) is 2.82. The predicted octanol–water partition coefficient (Wildman–Crippen LogP) is 6.11. The number of fused-ring (bicyclic) bond motifs is 1. The number of benzene rings is 2. The van der Waals surface area contributed by atoms with Gasteiger partial charge in [-0.3, -0.25) is 0 Å². The normalized spacial score (nSPS) is 11.1. The van der Waals surface area contributed by atoms with Crippen molar-refractivity contribution in [2.24, 2.45) is 0 Å². The van der Waals surface area contributed by atoms with E-state index in [1.165, 1.54) is 10.3 Å². The Morgan fingerprint density at radius 1 is 1.11 bits per heavy atom. The highest BCUT2D eigenvalue weighted by Crippen LogP contribution is 2.33. The maximum Gasteiger partial charge on any atom is 0.151 e. The molecule has 0 amide bonds. The van der Waals surface area contributed by atoms with Crippen LogP contribution in [0.4, 0.5) is 0 Å². The number of nitrogens with zero attached hydrogens (tertiary/aromatic N) is 1. The second-order valence-corrected chi connectivity index (χ2v) is 8.00. The Kier molecular flexibility index (Phi) is 4.27. The number of thiazole rings is 1. The van der Waals surface area contributed by atoms with Crippen LogP contribution in [0.15, 0.2) is 55.7 Å². The molecule has 0 fully saturated rings. The molecule has 96 valence electrons. The lowest BCUT2D eigenvalue weighted by Gasteiger charge is -2.03. The number of para-hydroxylation sites is 1. The van der Waals surface area contributed by atoms with Crippen molar-refractivity contribution in [1.29, 1.82) is 0 Å². The van der Waals surface area contributed by atoms with Crippen molar-refractivity contribution in [2.75, 3.05) is 0 Å². The second kappa shape index (κ2) is 5.95. The number of hydrogen-bond acceptors (Lipinski definition) is 3. The number of halogens is 2. The molecular formula is C14H9Br2NS2. The van der Waals surface area contributed by atoms with Crippen molar-refractivity contribution in [3.05, 3.63) is 57.0 Å². The van der Waals surface area contributed by atoms with Crippen LogP contribution in [0.2, 0.25) is 0 Å². The van der Waals surface area contributed by atoms with E-state index in [0.29, 0.717) is 0 Å². The molecule has 1 nitrogen and oxygen atoms in total. The lowest BCUT2D eigenvalue weighted by molar-refractivity contribution is 1.28. The summed E-state index contributed by atoms with van der Waals surface area (Å²) in [6.45, 7) is 0. The highest BCUT2D eigenvalue weighted by Gasteiger charge is 2.06. The third-order valence-electron chi connectivity index (χ3n) is 2.63. The minimum Gasteiger partial charge on any atom is -0.230 e. The lowest BCUT2D eigenvalue weighted by atomic mass is 10.2. The quantitative estimate of drug-likeness (QED) is 0.479. The SMILES string of the molecule is Brc1ccc(Br)c(CSc2nc3ccccc3s2)c1. The summed E-state index contributed by atoms with van der Waals surface area (Å²) in [4.78, 5) is 4.63. The number of rotatable bonds is 3. The van der Waals surface area contributed by atoms with Crippen molar-refractivity contribution in [3.8, 4) is 0 Å². The van der Waals surface area contributed by atoms with Crippen molar-refractivity contribution in [2.45, 2.75) is 10.1 Å². The summed E-state index contributed by atoms with van der Waals surface area (Å²) in [6, 6.07) is 14.5. The zero-order chi connectivity index (χ0) is 13.2. The maximum atomic E-state index is 4.63. The summed E-state index contributed by atoms with van der Waals surface area (Å²) < 4.78 is 4.62. The minimum absolute atomic E-state index is 0.917. The van der Waals surface area contributed by atoms with Crippen molar-refractivity contribution < 1.29 is 0 Å². The fraction of sp³-hybridized carbons (Fsp3) is 0.0714. The number of aromatic nitrogens is 1. The third kappa shape index (κ3) is 3.21. The van der Waals surface area contributed by atoms with E-state index in [1.807, 2.05) is 12.1 Å². The first kappa shape index (κ1) is 13.6. The fourth-order valence-corrected chi connectivity index (χ4v) is 4.75. The number of hydrogen-bond donors (Lipinski definition) is 0. The van der Waals surface area contributed by atoms with Crippen LogP contribution in [0.1, 0.15) is 5.56 Å². The van der Waals surface area contributed by atoms with Crippen molar-refractivity contribution in [3.63, 3.8) is 0 Å². The molecule has 0 aliphatic heterocycles. The molecule has 0 aliphatic carbocycles. The second-order valence-electron chi connectivity index (χ2n) is 3.97. The molecule has 0 bridgehead atoms. The third-order valence-corrected chi connectivity index (χ3v) is 6.13. The van der Waals surface area contributed by atoms with Crippen LogP contribution in [-0.2, 0) is 5.75 Å². The first-order chi connectivity index (χ1) is 9.22. The zero-order valence-electron chi connectivity index (χ0n) is 9.77. The summed E-state index contributed by atoms with van der Waals surface area (Å²) in [7, 11) is 0. The van der Waals surface area contributed by atoms with Gasteiger partial charge < -0.3 is 0 Å². The largest absolute Gasteiger partial charge is 0.230 e. The van der Waals surface area contributed by atoms with Gasteiger partial charge in [0.15, 0.2) is 4.34 Å². The first-order valence-corrected chi connectivity index (χ1v) is 9.03. The molecule has 0 aliphatic rings. The predicted molar refractivity (Wildman–Crippen MR) is 91.0 cm³/mol. The Labute approximate surface area is 136 Å². The van der Waals surface area contributed by atoms with Crippen LogP contribution >= 0.6 is 55.0 Å². The molecule has 1 aromatic heterocycles. The molecule has 2 aromatic carbocycles. The van der Waals surface area contributed by atoms with E-state index in [4.69, 9.17) is 0 Å². The van der Waals surface area contributed by atoms with Gasteiger partial charge in [-0.1, -0.05) is 55.8 Å². The minimum atomic E-state index is 0.917. The molecule has 0 atom stereocenters. The van der Waals surface area contributed by atoms with Crippen LogP contribution in [-0.4, -0.2) is 4.98 Å². The van der Waals surface area contributed by atoms with Crippen molar-refractivity contribution >= 4 is 65.2 Å². The maximum absolute atomic E-state index is 4.63. The highest BCUT2D eigenvalue weighted by atomic mass is 79.9. The molecule has 0 unspecified atom stereocenters. The Morgan fingerprint density at radius 3 is 2.79 bits per heavy atom. The van der Waals surface area contributed by atoms with E-state index in [2.05, 4.69) is 67.2 Å². The summed E-state index contributed by atoms with van der Waals surface area (Å²) in [5.41, 5.74) is 2.36. The first-order valence-electron chi connectivity index (χ1n) is 5.65. The Morgan fingerprint density at radius 2 is 1.95 bits per heavy atom. The van der Waals surface area contributed by atoms with E-state index in [-0.39, 0.29) is 0 Å². The zero-order valence-corrected chi connectivity index (χ0v) is 14.6. The molecular weight excluding hydrogens is 406 g/mol. The van der Waals surface area contributed by atoms with Gasteiger partial charge >= 0.3 is 0 Å². The van der Waals surface area contributed by atoms with Gasteiger partial charge in [-0.25, -0.2) is 4.98 Å². The Balaban J connectivity index is 1.80. The lowest BCUT2D eigenvalue weighted by Crippen LogP contribution is -1.83. The van der Waals surface area contributed by atoms with Gasteiger partial charge in [0.1, 0.15) is 0 Å². The molecule has 1 heterocycles. The van der Waals surface area contributed by atoms with Crippen LogP contribution in [0.5, 0.6) is 0 Å². The Hall–Kier alpha value is -0.360. The monoisotopic (exact) mass is 413 g/mol. The van der Waals surface area contributed by atoms with E-state index >= 15 is 0 Å². The van der Waals surface area contributed by atoms with Crippen LogP contribution < -0.4 is 0 Å². The summed E-state index contributed by atoms with van der Waals surface area (Å²) in [5, 5.41) is 0. The summed E-state index contributed by atoms with van der Waals surface area (Å²) in [6.07, 6.45) is 0. The Bertz CT molecular complexity index is 691. The molecule has 3 rings (SSSR count). The smallest absolute Gasteiger partial charge is 0.151 e. The van der Waals surface area contributed by atoms with Crippen molar-refractivity contribution in [1.82, 2.24) is 4.98 Å². The summed E-state index contributed by atoms with van der Waals surface area (Å²) >= 11 is 10.6. The molecule has 0 saturated carbocycles. The van der Waals surface area contributed by atoms with Gasteiger partial charge in [-0.2, -0.15) is 0 Å². The molecule has 0 spiro atoms. The van der Waals surface area contributed by atoms with Gasteiger partial charge in [0.05, 0.1) is 10.2 Å². The molecule has 0 radical (unpaired) electrons. The van der Waals surface area contributed by atoms with Gasteiger partial charge in [0.25, 0.3) is 0 Å². The van der Waals surface area contributed by atoms with E-state index in [0.717, 1.165) is 24.6 Å². The van der Waals surface area contributed by atoms with Crippen LogP contribution in [0, 0.1) is 0 Å².